The van der Waals surface area contributed by atoms with Crippen molar-refractivity contribution >= 4 is 21.6 Å². The van der Waals surface area contributed by atoms with E-state index in [4.69, 9.17) is 0 Å². The number of benzene rings is 1. The van der Waals surface area contributed by atoms with Crippen molar-refractivity contribution in [2.75, 3.05) is 26.2 Å². The average molecular weight is 392 g/mol. The number of amides is 1. The van der Waals surface area contributed by atoms with Crippen LogP contribution in [-0.4, -0.2) is 59.6 Å². The number of nitrogens with one attached hydrogen (secondary N) is 1. The summed E-state index contributed by atoms with van der Waals surface area (Å²) in [5.41, 5.74) is -0.824. The molecule has 0 saturated carbocycles. The predicted molar refractivity (Wildman–Crippen MR) is 94.8 cm³/mol. The summed E-state index contributed by atoms with van der Waals surface area (Å²) in [4.78, 5) is 38.0. The summed E-state index contributed by atoms with van der Waals surface area (Å²) in [6, 6.07) is 7.78. The van der Waals surface area contributed by atoms with Crippen LogP contribution in [0.5, 0.6) is 0 Å². The third-order valence-electron chi connectivity index (χ3n) is 4.24. The molecule has 142 valence electrons. The van der Waals surface area contributed by atoms with Crippen molar-refractivity contribution in [2.24, 2.45) is 0 Å². The van der Waals surface area contributed by atoms with E-state index in [0.717, 1.165) is 6.07 Å². The van der Waals surface area contributed by atoms with Gasteiger partial charge in [-0.2, -0.15) is 4.31 Å². The maximum absolute atomic E-state index is 12.7. The first kappa shape index (κ1) is 18.7. The molecule has 0 radical (unpaired) electrons. The molecule has 0 atom stereocenters. The van der Waals surface area contributed by atoms with Gasteiger partial charge in [0.05, 0.1) is 9.82 Å². The van der Waals surface area contributed by atoms with Gasteiger partial charge in [0, 0.05) is 44.5 Å². The average Bonchev–Trinajstić information content (AvgIpc) is 2.68. The van der Waals surface area contributed by atoms with E-state index in [1.54, 1.807) is 0 Å². The summed E-state index contributed by atoms with van der Waals surface area (Å²) < 4.78 is 26.6. The molecule has 2 heterocycles. The lowest BCUT2D eigenvalue weighted by Crippen LogP contribution is -2.51. The highest BCUT2D eigenvalue weighted by atomic mass is 32.2. The van der Waals surface area contributed by atoms with Gasteiger partial charge in [0.2, 0.25) is 10.0 Å². The smallest absolute Gasteiger partial charge is 0.270 e. The SMILES string of the molecule is O=C(c1ccc[nH]c1=O)N1CCN(S(=O)(=O)c2cccc([N+](=O)[O-])c2)CC1. The van der Waals surface area contributed by atoms with Crippen LogP contribution in [0.2, 0.25) is 0 Å². The molecule has 0 aliphatic carbocycles. The molecule has 1 aliphatic heterocycles. The van der Waals surface area contributed by atoms with Crippen LogP contribution < -0.4 is 5.56 Å². The number of nitro benzene ring substituents is 1. The van der Waals surface area contributed by atoms with Crippen molar-refractivity contribution in [3.63, 3.8) is 0 Å². The lowest BCUT2D eigenvalue weighted by atomic mass is 10.2. The van der Waals surface area contributed by atoms with Gasteiger partial charge in [0.1, 0.15) is 5.56 Å². The van der Waals surface area contributed by atoms with E-state index in [9.17, 15) is 28.1 Å². The van der Waals surface area contributed by atoms with Crippen LogP contribution in [0.1, 0.15) is 10.4 Å². The third-order valence-corrected chi connectivity index (χ3v) is 6.14. The highest BCUT2D eigenvalue weighted by Crippen LogP contribution is 2.22. The van der Waals surface area contributed by atoms with E-state index < -0.39 is 26.4 Å². The van der Waals surface area contributed by atoms with E-state index >= 15 is 0 Å². The molecule has 0 spiro atoms. The Bertz CT molecular complexity index is 1040. The number of carbonyl (C=O) groups excluding carboxylic acids is 1. The molecule has 1 aliphatic rings. The van der Waals surface area contributed by atoms with E-state index in [2.05, 4.69) is 4.98 Å². The van der Waals surface area contributed by atoms with Gasteiger partial charge in [0.25, 0.3) is 17.2 Å². The number of aromatic nitrogens is 1. The molecule has 27 heavy (non-hydrogen) atoms. The summed E-state index contributed by atoms with van der Waals surface area (Å²) in [5, 5.41) is 10.9. The van der Waals surface area contributed by atoms with Crippen molar-refractivity contribution in [1.82, 2.24) is 14.2 Å². The molecule has 1 N–H and O–H groups in total. The maximum atomic E-state index is 12.7. The highest BCUT2D eigenvalue weighted by molar-refractivity contribution is 7.89. The number of piperazine rings is 1. The first-order chi connectivity index (χ1) is 12.8. The van der Waals surface area contributed by atoms with E-state index in [0.29, 0.717) is 0 Å². The van der Waals surface area contributed by atoms with Gasteiger partial charge in [-0.25, -0.2) is 8.42 Å². The fourth-order valence-corrected chi connectivity index (χ4v) is 4.26. The highest BCUT2D eigenvalue weighted by Gasteiger charge is 2.31. The van der Waals surface area contributed by atoms with Crippen LogP contribution in [0, 0.1) is 10.1 Å². The molecule has 1 aromatic carbocycles. The zero-order chi connectivity index (χ0) is 19.6. The van der Waals surface area contributed by atoms with Crippen LogP contribution in [0.15, 0.2) is 52.3 Å². The number of hydrogen-bond acceptors (Lipinski definition) is 6. The Labute approximate surface area is 154 Å². The topological polar surface area (TPSA) is 134 Å². The minimum atomic E-state index is -3.92. The molecule has 1 amide bonds. The zero-order valence-corrected chi connectivity index (χ0v) is 14.9. The minimum absolute atomic E-state index is 0.00695. The van der Waals surface area contributed by atoms with Gasteiger partial charge in [-0.1, -0.05) is 6.07 Å². The number of aromatic amines is 1. The third kappa shape index (κ3) is 3.73. The normalized spacial score (nSPS) is 15.5. The number of non-ortho nitro benzene ring substituents is 1. The predicted octanol–water partition coefficient (Wildman–Crippen LogP) is 0.430. The zero-order valence-electron chi connectivity index (χ0n) is 14.1. The van der Waals surface area contributed by atoms with Gasteiger partial charge < -0.3 is 9.88 Å². The molecule has 0 unspecified atom stereocenters. The number of nitro groups is 1. The molecule has 11 heteroatoms. The number of carbonyl (C=O) groups is 1. The molecule has 0 bridgehead atoms. The lowest BCUT2D eigenvalue weighted by Gasteiger charge is -2.33. The van der Waals surface area contributed by atoms with Crippen LogP contribution in [0.4, 0.5) is 5.69 Å². The Morgan fingerprint density at radius 2 is 1.81 bits per heavy atom. The molecule has 2 aromatic rings. The summed E-state index contributed by atoms with van der Waals surface area (Å²) in [6.45, 7) is 0.283. The van der Waals surface area contributed by atoms with Crippen molar-refractivity contribution in [3.05, 3.63) is 68.6 Å². The van der Waals surface area contributed by atoms with E-state index in [-0.39, 0.29) is 42.3 Å². The Balaban J connectivity index is 1.74. The van der Waals surface area contributed by atoms with Crippen LogP contribution in [0.25, 0.3) is 0 Å². The lowest BCUT2D eigenvalue weighted by molar-refractivity contribution is -0.385. The summed E-state index contributed by atoms with van der Waals surface area (Å²) >= 11 is 0. The second-order valence-electron chi connectivity index (χ2n) is 5.86. The van der Waals surface area contributed by atoms with Crippen LogP contribution >= 0.6 is 0 Å². The second kappa shape index (κ2) is 7.29. The summed E-state index contributed by atoms with van der Waals surface area (Å²) in [6.07, 6.45) is 1.42. The summed E-state index contributed by atoms with van der Waals surface area (Å²) in [7, 11) is -3.92. The second-order valence-corrected chi connectivity index (χ2v) is 7.80. The fraction of sp³-hybridized carbons (Fsp3) is 0.250. The van der Waals surface area contributed by atoms with Crippen molar-refractivity contribution in [1.29, 1.82) is 0 Å². The van der Waals surface area contributed by atoms with Crippen molar-refractivity contribution in [3.8, 4) is 0 Å². The van der Waals surface area contributed by atoms with E-state index in [1.807, 2.05) is 0 Å². The Morgan fingerprint density at radius 3 is 2.44 bits per heavy atom. The van der Waals surface area contributed by atoms with Gasteiger partial charge >= 0.3 is 0 Å². The van der Waals surface area contributed by atoms with Crippen molar-refractivity contribution in [2.45, 2.75) is 4.90 Å². The summed E-state index contributed by atoms with van der Waals surface area (Å²) in [5.74, 6) is -0.468. The molecular formula is C16H16N4O6S. The Morgan fingerprint density at radius 1 is 1.11 bits per heavy atom. The van der Waals surface area contributed by atoms with Crippen LogP contribution in [0.3, 0.4) is 0 Å². The monoisotopic (exact) mass is 392 g/mol. The number of H-pyrrole nitrogens is 1. The van der Waals surface area contributed by atoms with Crippen LogP contribution in [-0.2, 0) is 10.0 Å². The maximum Gasteiger partial charge on any atom is 0.270 e. The fourth-order valence-electron chi connectivity index (χ4n) is 2.80. The van der Waals surface area contributed by atoms with Gasteiger partial charge in [-0.05, 0) is 18.2 Å². The quantitative estimate of drug-likeness (QED) is 0.592. The molecule has 1 aromatic heterocycles. The number of hydrogen-bond donors (Lipinski definition) is 1. The largest absolute Gasteiger partial charge is 0.336 e. The number of pyridine rings is 1. The Kier molecular flexibility index (Phi) is 5.06. The van der Waals surface area contributed by atoms with Gasteiger partial charge in [-0.15, -0.1) is 0 Å². The van der Waals surface area contributed by atoms with E-state index in [1.165, 1.54) is 45.7 Å². The molecule has 3 rings (SSSR count). The standard InChI is InChI=1S/C16H16N4O6S/c21-15-14(5-2-6-17-15)16(22)18-7-9-19(10-8-18)27(25,26)13-4-1-3-12(11-13)20(23)24/h1-6,11H,7-10H2,(H,17,21). The number of sulfonamides is 1. The minimum Gasteiger partial charge on any atom is -0.336 e. The van der Waals surface area contributed by atoms with Crippen molar-refractivity contribution < 1.29 is 18.1 Å². The van der Waals surface area contributed by atoms with Gasteiger partial charge in [0.15, 0.2) is 0 Å². The first-order valence-corrected chi connectivity index (χ1v) is 9.46. The Hall–Kier alpha value is -3.05. The molecule has 10 nitrogen and oxygen atoms in total. The first-order valence-electron chi connectivity index (χ1n) is 8.02. The molecular weight excluding hydrogens is 376 g/mol. The number of rotatable bonds is 4. The molecule has 1 fully saturated rings. The van der Waals surface area contributed by atoms with Gasteiger partial charge in [-0.3, -0.25) is 19.7 Å². The molecule has 1 saturated heterocycles. The number of nitrogens with zero attached hydrogens (tertiary/aromatic N) is 3.